The second kappa shape index (κ2) is 6.91. The first-order valence-electron chi connectivity index (χ1n) is 7.85. The number of aromatic nitrogens is 2. The molecule has 1 saturated heterocycles. The second-order valence-corrected chi connectivity index (χ2v) is 6.61. The minimum atomic E-state index is -0.393. The zero-order chi connectivity index (χ0) is 17.3. The molecule has 1 aliphatic heterocycles. The first kappa shape index (κ1) is 16.9. The Bertz CT molecular complexity index is 748. The van der Waals surface area contributed by atoms with Crippen molar-refractivity contribution in [3.05, 3.63) is 52.6 Å². The molecule has 1 aromatic heterocycles. The van der Waals surface area contributed by atoms with Gasteiger partial charge in [-0.25, -0.2) is 4.39 Å². The highest BCUT2D eigenvalue weighted by Gasteiger charge is 2.38. The number of nitrogens with zero attached hydrogens (tertiary/aromatic N) is 3. The maximum absolute atomic E-state index is 13.9. The number of halogens is 2. The van der Waals surface area contributed by atoms with E-state index in [4.69, 9.17) is 11.6 Å². The van der Waals surface area contributed by atoms with Crippen LogP contribution in [0, 0.1) is 11.7 Å². The number of aryl methyl sites for hydroxylation is 1. The SMILES string of the molecule is CN1C(=O)C[C@@H](CNCc2cccc(Cl)c2F)[C@@H]1c1cnn(C)c1. The van der Waals surface area contributed by atoms with E-state index in [1.54, 1.807) is 27.9 Å². The average Bonchev–Trinajstić information content (AvgIpc) is 3.08. The van der Waals surface area contributed by atoms with Gasteiger partial charge < -0.3 is 10.2 Å². The summed E-state index contributed by atoms with van der Waals surface area (Å²) in [7, 11) is 3.67. The summed E-state index contributed by atoms with van der Waals surface area (Å²) in [4.78, 5) is 13.9. The highest BCUT2D eigenvalue weighted by molar-refractivity contribution is 6.30. The number of carbonyl (C=O) groups is 1. The fourth-order valence-corrected chi connectivity index (χ4v) is 3.50. The Balaban J connectivity index is 1.67. The first-order chi connectivity index (χ1) is 11.5. The normalized spacial score (nSPS) is 20.8. The highest BCUT2D eigenvalue weighted by atomic mass is 35.5. The molecular formula is C17H20ClFN4O. The molecule has 1 aromatic carbocycles. The lowest BCUT2D eigenvalue weighted by atomic mass is 9.95. The number of rotatable bonds is 5. The van der Waals surface area contributed by atoms with E-state index in [0.29, 0.717) is 25.1 Å². The zero-order valence-electron chi connectivity index (χ0n) is 13.7. The largest absolute Gasteiger partial charge is 0.338 e. The number of benzene rings is 1. The van der Waals surface area contributed by atoms with Gasteiger partial charge in [0.05, 0.1) is 17.3 Å². The number of hydrogen-bond acceptors (Lipinski definition) is 3. The van der Waals surface area contributed by atoms with Crippen molar-refractivity contribution in [3.8, 4) is 0 Å². The Kier molecular flexibility index (Phi) is 4.87. The van der Waals surface area contributed by atoms with Crippen LogP contribution in [0.1, 0.15) is 23.6 Å². The van der Waals surface area contributed by atoms with Gasteiger partial charge in [0.25, 0.3) is 0 Å². The number of amides is 1. The maximum Gasteiger partial charge on any atom is 0.223 e. The summed E-state index contributed by atoms with van der Waals surface area (Å²) in [6.07, 6.45) is 4.20. The Morgan fingerprint density at radius 1 is 1.42 bits per heavy atom. The molecular weight excluding hydrogens is 331 g/mol. The molecule has 7 heteroatoms. The smallest absolute Gasteiger partial charge is 0.223 e. The molecule has 24 heavy (non-hydrogen) atoms. The van der Waals surface area contributed by atoms with Crippen molar-refractivity contribution in [1.82, 2.24) is 20.0 Å². The molecule has 128 valence electrons. The van der Waals surface area contributed by atoms with Gasteiger partial charge in [-0.3, -0.25) is 9.48 Å². The molecule has 3 rings (SSSR count). The molecule has 1 N–H and O–H groups in total. The minimum absolute atomic E-state index is 0.0112. The van der Waals surface area contributed by atoms with Crippen molar-refractivity contribution in [1.29, 1.82) is 0 Å². The van der Waals surface area contributed by atoms with Crippen molar-refractivity contribution < 1.29 is 9.18 Å². The fraction of sp³-hybridized carbons (Fsp3) is 0.412. The number of nitrogens with one attached hydrogen (secondary N) is 1. The van der Waals surface area contributed by atoms with Gasteiger partial charge in [0.15, 0.2) is 0 Å². The molecule has 2 aromatic rings. The summed E-state index contributed by atoms with van der Waals surface area (Å²) in [6.45, 7) is 0.988. The predicted octanol–water partition coefficient (Wildman–Crippen LogP) is 2.52. The molecule has 0 radical (unpaired) electrons. The van der Waals surface area contributed by atoms with Gasteiger partial charge >= 0.3 is 0 Å². The minimum Gasteiger partial charge on any atom is -0.338 e. The summed E-state index contributed by atoms with van der Waals surface area (Å²) in [6, 6.07) is 4.96. The van der Waals surface area contributed by atoms with Gasteiger partial charge in [0, 0.05) is 56.8 Å². The van der Waals surface area contributed by atoms with E-state index in [0.717, 1.165) is 5.56 Å². The van der Waals surface area contributed by atoms with Crippen LogP contribution in [-0.2, 0) is 18.4 Å². The molecule has 2 atom stereocenters. The van der Waals surface area contributed by atoms with Gasteiger partial charge in [-0.1, -0.05) is 23.7 Å². The third-order valence-corrected chi connectivity index (χ3v) is 4.81. The van der Waals surface area contributed by atoms with Crippen molar-refractivity contribution >= 4 is 17.5 Å². The number of likely N-dealkylation sites (tertiary alicyclic amines) is 1. The lowest BCUT2D eigenvalue weighted by molar-refractivity contribution is -0.127. The Morgan fingerprint density at radius 3 is 2.92 bits per heavy atom. The van der Waals surface area contributed by atoms with E-state index in [-0.39, 0.29) is 22.9 Å². The quantitative estimate of drug-likeness (QED) is 0.901. The van der Waals surface area contributed by atoms with Crippen molar-refractivity contribution in [2.45, 2.75) is 19.0 Å². The zero-order valence-corrected chi connectivity index (χ0v) is 14.4. The van der Waals surface area contributed by atoms with E-state index in [1.165, 1.54) is 6.07 Å². The van der Waals surface area contributed by atoms with E-state index >= 15 is 0 Å². The van der Waals surface area contributed by atoms with Gasteiger partial charge in [0.1, 0.15) is 5.82 Å². The standard InChI is InChI=1S/C17H20ClFN4O/c1-22-10-13(9-21-22)17-12(6-15(24)23(17)2)8-20-7-11-4-3-5-14(18)16(11)19/h3-5,9-10,12,17,20H,6-8H2,1-2H3/t12-,17+/m0/s1. The summed E-state index contributed by atoms with van der Waals surface area (Å²) in [5, 5.41) is 7.58. The topological polar surface area (TPSA) is 50.2 Å². The van der Waals surface area contributed by atoms with Gasteiger partial charge in [0.2, 0.25) is 5.91 Å². The third-order valence-electron chi connectivity index (χ3n) is 4.51. The summed E-state index contributed by atoms with van der Waals surface area (Å²) in [5.74, 6) is -0.159. The molecule has 0 aliphatic carbocycles. The Labute approximate surface area is 145 Å². The number of hydrogen-bond donors (Lipinski definition) is 1. The van der Waals surface area contributed by atoms with Gasteiger partial charge in [-0.15, -0.1) is 0 Å². The van der Waals surface area contributed by atoms with Crippen LogP contribution in [0.5, 0.6) is 0 Å². The number of carbonyl (C=O) groups excluding carboxylic acids is 1. The van der Waals surface area contributed by atoms with Crippen LogP contribution in [0.3, 0.4) is 0 Å². The molecule has 0 spiro atoms. The van der Waals surface area contributed by atoms with Crippen molar-refractivity contribution in [3.63, 3.8) is 0 Å². The maximum atomic E-state index is 13.9. The molecule has 1 fully saturated rings. The molecule has 2 heterocycles. The lowest BCUT2D eigenvalue weighted by Crippen LogP contribution is -2.29. The third kappa shape index (κ3) is 3.30. The second-order valence-electron chi connectivity index (χ2n) is 6.20. The van der Waals surface area contributed by atoms with Crippen LogP contribution in [0.25, 0.3) is 0 Å². The molecule has 1 aliphatic rings. The Morgan fingerprint density at radius 2 is 2.21 bits per heavy atom. The molecule has 0 bridgehead atoms. The van der Waals surface area contributed by atoms with Crippen LogP contribution >= 0.6 is 11.6 Å². The average molecular weight is 351 g/mol. The summed E-state index contributed by atoms with van der Waals surface area (Å²) < 4.78 is 15.7. The van der Waals surface area contributed by atoms with Crippen LogP contribution in [0.4, 0.5) is 4.39 Å². The van der Waals surface area contributed by atoms with Gasteiger partial charge in [-0.05, 0) is 6.07 Å². The molecule has 0 unspecified atom stereocenters. The van der Waals surface area contributed by atoms with Crippen LogP contribution in [-0.4, -0.2) is 34.2 Å². The van der Waals surface area contributed by atoms with E-state index in [1.807, 2.05) is 20.3 Å². The van der Waals surface area contributed by atoms with E-state index in [2.05, 4.69) is 10.4 Å². The van der Waals surface area contributed by atoms with Crippen LogP contribution < -0.4 is 5.32 Å². The van der Waals surface area contributed by atoms with E-state index < -0.39 is 5.82 Å². The highest BCUT2D eigenvalue weighted by Crippen LogP contribution is 2.36. The molecule has 0 saturated carbocycles. The lowest BCUT2D eigenvalue weighted by Gasteiger charge is -2.24. The van der Waals surface area contributed by atoms with E-state index in [9.17, 15) is 9.18 Å². The first-order valence-corrected chi connectivity index (χ1v) is 8.23. The fourth-order valence-electron chi connectivity index (χ4n) is 3.30. The summed E-state index contributed by atoms with van der Waals surface area (Å²) in [5.41, 5.74) is 1.55. The Hall–Kier alpha value is -1.92. The van der Waals surface area contributed by atoms with Crippen LogP contribution in [0.15, 0.2) is 30.6 Å². The molecule has 1 amide bonds. The van der Waals surface area contributed by atoms with Crippen LogP contribution in [0.2, 0.25) is 5.02 Å². The van der Waals surface area contributed by atoms with Crippen molar-refractivity contribution in [2.24, 2.45) is 13.0 Å². The monoisotopic (exact) mass is 350 g/mol. The summed E-state index contributed by atoms with van der Waals surface area (Å²) >= 11 is 5.80. The van der Waals surface area contributed by atoms with Gasteiger partial charge in [-0.2, -0.15) is 5.10 Å². The van der Waals surface area contributed by atoms with Crippen molar-refractivity contribution in [2.75, 3.05) is 13.6 Å². The predicted molar refractivity (Wildman–Crippen MR) is 89.9 cm³/mol. The molecule has 5 nitrogen and oxygen atoms in total.